The van der Waals surface area contributed by atoms with Gasteiger partial charge in [0.2, 0.25) is 0 Å². The largest absolute Gasteiger partial charge is 0.465 e. The summed E-state index contributed by atoms with van der Waals surface area (Å²) >= 11 is 1.73. The number of benzene rings is 1. The molecule has 0 saturated heterocycles. The highest BCUT2D eigenvalue weighted by Crippen LogP contribution is 2.26. The van der Waals surface area contributed by atoms with Crippen molar-refractivity contribution in [3.05, 3.63) is 29.3 Å². The highest BCUT2D eigenvalue weighted by atomic mass is 32.2. The first-order valence-electron chi connectivity index (χ1n) is 7.23. The van der Waals surface area contributed by atoms with E-state index in [2.05, 4.69) is 37.4 Å². The van der Waals surface area contributed by atoms with Gasteiger partial charge in [0.05, 0.1) is 6.61 Å². The highest BCUT2D eigenvalue weighted by Gasteiger charge is 2.29. The predicted molar refractivity (Wildman–Crippen MR) is 83.2 cm³/mol. The lowest BCUT2D eigenvalue weighted by molar-refractivity contribution is -0.145. The van der Waals surface area contributed by atoms with Gasteiger partial charge in [-0.3, -0.25) is 4.79 Å². The van der Waals surface area contributed by atoms with Gasteiger partial charge in [-0.15, -0.1) is 11.8 Å². The minimum atomic E-state index is -0.202. The van der Waals surface area contributed by atoms with Crippen molar-refractivity contribution in [2.75, 3.05) is 12.4 Å². The molecule has 1 atom stereocenters. The Bertz CT molecular complexity index is 472. The zero-order valence-corrected chi connectivity index (χ0v) is 13.3. The Hall–Kier alpha value is -1.00. The summed E-state index contributed by atoms with van der Waals surface area (Å²) in [7, 11) is 0. The van der Waals surface area contributed by atoms with Crippen molar-refractivity contribution in [2.45, 2.75) is 50.6 Å². The molecular formula is C16H23NO2S. The Morgan fingerprint density at radius 3 is 2.85 bits per heavy atom. The number of ether oxygens (including phenoxy) is 1. The van der Waals surface area contributed by atoms with Gasteiger partial charge in [-0.25, -0.2) is 0 Å². The van der Waals surface area contributed by atoms with Crippen LogP contribution in [0.5, 0.6) is 0 Å². The maximum Gasteiger partial charge on any atom is 0.324 e. The molecule has 2 rings (SSSR count). The van der Waals surface area contributed by atoms with E-state index < -0.39 is 0 Å². The first-order chi connectivity index (χ1) is 9.60. The molecule has 3 nitrogen and oxygen atoms in total. The molecule has 0 aliphatic heterocycles. The zero-order chi connectivity index (χ0) is 14.5. The maximum atomic E-state index is 12.0. The molecule has 1 aromatic carbocycles. The molecular weight excluding hydrogens is 270 g/mol. The lowest BCUT2D eigenvalue weighted by Gasteiger charge is -2.17. The van der Waals surface area contributed by atoms with Gasteiger partial charge in [-0.05, 0) is 45.2 Å². The second-order valence-corrected chi connectivity index (χ2v) is 6.39. The maximum absolute atomic E-state index is 12.0. The Balaban J connectivity index is 1.96. The van der Waals surface area contributed by atoms with Crippen LogP contribution in [-0.2, 0) is 9.53 Å². The summed E-state index contributed by atoms with van der Waals surface area (Å²) in [6, 6.07) is 6.73. The van der Waals surface area contributed by atoms with Crippen molar-refractivity contribution in [3.63, 3.8) is 0 Å². The van der Waals surface area contributed by atoms with Crippen LogP contribution in [0, 0.1) is 13.8 Å². The SMILES string of the molecule is CCOC(=O)C(CSc1cc(C)ccc1C)NC1CC1. The van der Waals surface area contributed by atoms with Crippen molar-refractivity contribution in [2.24, 2.45) is 0 Å². The van der Waals surface area contributed by atoms with E-state index in [0.29, 0.717) is 12.6 Å². The topological polar surface area (TPSA) is 38.3 Å². The van der Waals surface area contributed by atoms with Crippen LogP contribution in [0.1, 0.15) is 30.9 Å². The van der Waals surface area contributed by atoms with Crippen LogP contribution in [0.2, 0.25) is 0 Å². The van der Waals surface area contributed by atoms with Crippen LogP contribution >= 0.6 is 11.8 Å². The molecule has 1 aromatic rings. The average Bonchev–Trinajstić information content (AvgIpc) is 3.22. The number of aryl methyl sites for hydroxylation is 2. The Morgan fingerprint density at radius 2 is 2.20 bits per heavy atom. The average molecular weight is 293 g/mol. The first kappa shape index (κ1) is 15.4. The monoisotopic (exact) mass is 293 g/mol. The fraction of sp³-hybridized carbons (Fsp3) is 0.562. The van der Waals surface area contributed by atoms with E-state index in [1.807, 2.05) is 6.92 Å². The molecule has 0 spiro atoms. The molecule has 1 aliphatic carbocycles. The lowest BCUT2D eigenvalue weighted by atomic mass is 10.2. The lowest BCUT2D eigenvalue weighted by Crippen LogP contribution is -2.41. The third-order valence-electron chi connectivity index (χ3n) is 3.33. The first-order valence-corrected chi connectivity index (χ1v) is 8.21. The quantitative estimate of drug-likeness (QED) is 0.619. The number of carbonyl (C=O) groups is 1. The Morgan fingerprint density at radius 1 is 1.45 bits per heavy atom. The number of nitrogens with one attached hydrogen (secondary N) is 1. The van der Waals surface area contributed by atoms with Gasteiger partial charge in [0.1, 0.15) is 6.04 Å². The molecule has 1 fully saturated rings. The number of esters is 1. The number of hydrogen-bond acceptors (Lipinski definition) is 4. The van der Waals surface area contributed by atoms with Crippen LogP contribution in [-0.4, -0.2) is 30.4 Å². The number of rotatable bonds is 7. The van der Waals surface area contributed by atoms with E-state index in [-0.39, 0.29) is 12.0 Å². The van der Waals surface area contributed by atoms with Gasteiger partial charge in [0.25, 0.3) is 0 Å². The van der Waals surface area contributed by atoms with E-state index in [4.69, 9.17) is 4.74 Å². The van der Waals surface area contributed by atoms with E-state index in [1.54, 1.807) is 11.8 Å². The van der Waals surface area contributed by atoms with Gasteiger partial charge >= 0.3 is 5.97 Å². The van der Waals surface area contributed by atoms with Crippen molar-refractivity contribution < 1.29 is 9.53 Å². The summed E-state index contributed by atoms with van der Waals surface area (Å²) in [4.78, 5) is 13.2. The molecule has 0 bridgehead atoms. The summed E-state index contributed by atoms with van der Waals surface area (Å²) in [5, 5.41) is 3.38. The van der Waals surface area contributed by atoms with E-state index >= 15 is 0 Å². The minimum absolute atomic E-state index is 0.128. The van der Waals surface area contributed by atoms with Crippen molar-refractivity contribution in [1.82, 2.24) is 5.32 Å². The standard InChI is InChI=1S/C16H23NO2S/c1-4-19-16(18)14(17-13-7-8-13)10-20-15-9-11(2)5-6-12(15)3/h5-6,9,13-14,17H,4,7-8,10H2,1-3H3. The van der Waals surface area contributed by atoms with E-state index in [0.717, 1.165) is 5.75 Å². The molecule has 4 heteroatoms. The van der Waals surface area contributed by atoms with Crippen LogP contribution < -0.4 is 5.32 Å². The molecule has 0 heterocycles. The molecule has 0 radical (unpaired) electrons. The van der Waals surface area contributed by atoms with Crippen LogP contribution in [0.3, 0.4) is 0 Å². The second kappa shape index (κ2) is 7.14. The summed E-state index contributed by atoms with van der Waals surface area (Å²) < 4.78 is 5.16. The molecule has 0 amide bonds. The summed E-state index contributed by atoms with van der Waals surface area (Å²) in [5.41, 5.74) is 2.51. The van der Waals surface area contributed by atoms with E-state index in [1.165, 1.54) is 28.9 Å². The summed E-state index contributed by atoms with van der Waals surface area (Å²) in [6.45, 7) is 6.49. The molecule has 0 aromatic heterocycles. The zero-order valence-electron chi connectivity index (χ0n) is 12.4. The molecule has 1 unspecified atom stereocenters. The smallest absolute Gasteiger partial charge is 0.324 e. The van der Waals surface area contributed by atoms with Crippen LogP contribution in [0.15, 0.2) is 23.1 Å². The normalized spacial score (nSPS) is 15.9. The minimum Gasteiger partial charge on any atom is -0.465 e. The number of carbonyl (C=O) groups excluding carboxylic acids is 1. The van der Waals surface area contributed by atoms with Gasteiger partial charge < -0.3 is 10.1 Å². The molecule has 1 N–H and O–H groups in total. The number of thioether (sulfide) groups is 1. The third kappa shape index (κ3) is 4.53. The fourth-order valence-electron chi connectivity index (χ4n) is 2.00. The third-order valence-corrected chi connectivity index (χ3v) is 4.59. The molecule has 20 heavy (non-hydrogen) atoms. The van der Waals surface area contributed by atoms with Crippen molar-refractivity contribution in [1.29, 1.82) is 0 Å². The fourth-order valence-corrected chi connectivity index (χ4v) is 3.14. The predicted octanol–water partition coefficient (Wildman–Crippen LogP) is 3.08. The van der Waals surface area contributed by atoms with E-state index in [9.17, 15) is 4.79 Å². The van der Waals surface area contributed by atoms with Crippen molar-refractivity contribution in [3.8, 4) is 0 Å². The Labute approximate surface area is 125 Å². The summed E-state index contributed by atoms with van der Waals surface area (Å²) in [6.07, 6.45) is 2.34. The Kier molecular flexibility index (Phi) is 5.49. The molecule has 1 saturated carbocycles. The van der Waals surface area contributed by atoms with Gasteiger partial charge in [0.15, 0.2) is 0 Å². The van der Waals surface area contributed by atoms with Gasteiger partial charge in [0, 0.05) is 16.7 Å². The van der Waals surface area contributed by atoms with Crippen LogP contribution in [0.25, 0.3) is 0 Å². The highest BCUT2D eigenvalue weighted by molar-refractivity contribution is 7.99. The van der Waals surface area contributed by atoms with Crippen molar-refractivity contribution >= 4 is 17.7 Å². The second-order valence-electron chi connectivity index (χ2n) is 5.33. The number of hydrogen-bond donors (Lipinski definition) is 1. The van der Waals surface area contributed by atoms with Crippen LogP contribution in [0.4, 0.5) is 0 Å². The molecule has 110 valence electrons. The van der Waals surface area contributed by atoms with Gasteiger partial charge in [-0.2, -0.15) is 0 Å². The molecule has 1 aliphatic rings. The summed E-state index contributed by atoms with van der Waals surface area (Å²) in [5.74, 6) is 0.594. The van der Waals surface area contributed by atoms with Gasteiger partial charge in [-0.1, -0.05) is 17.7 Å².